The second-order valence-electron chi connectivity index (χ2n) is 3.41. The van der Waals surface area contributed by atoms with Gasteiger partial charge in [-0.05, 0) is 35.9 Å². The normalized spacial score (nSPS) is 12.5. The molecule has 0 aliphatic heterocycles. The van der Waals surface area contributed by atoms with Crippen molar-refractivity contribution in [3.05, 3.63) is 15.6 Å². The number of rotatable bonds is 6. The summed E-state index contributed by atoms with van der Waals surface area (Å²) in [5, 5.41) is 3.06. The average molecular weight is 335 g/mol. The van der Waals surface area contributed by atoms with E-state index in [0.717, 1.165) is 28.1 Å². The highest BCUT2D eigenvalue weighted by Crippen LogP contribution is 2.22. The lowest BCUT2D eigenvalue weighted by atomic mass is 10.2. The molecule has 90 valence electrons. The van der Waals surface area contributed by atoms with Gasteiger partial charge in [-0.1, -0.05) is 13.3 Å². The molecule has 5 heteroatoms. The van der Waals surface area contributed by atoms with Gasteiger partial charge in [-0.3, -0.25) is 0 Å². The van der Waals surface area contributed by atoms with Crippen molar-refractivity contribution in [3.8, 4) is 0 Å². The molecule has 0 spiro atoms. The van der Waals surface area contributed by atoms with E-state index in [9.17, 15) is 0 Å². The fourth-order valence-electron chi connectivity index (χ4n) is 1.46. The van der Waals surface area contributed by atoms with Crippen LogP contribution in [0.3, 0.4) is 0 Å². The number of hydrogen-bond acceptors (Lipinski definition) is 4. The van der Waals surface area contributed by atoms with Crippen molar-refractivity contribution in [3.63, 3.8) is 0 Å². The summed E-state index contributed by atoms with van der Waals surface area (Å²) >= 11 is 2.21. The van der Waals surface area contributed by atoms with Gasteiger partial charge in [-0.2, -0.15) is 0 Å². The molecule has 0 saturated heterocycles. The van der Waals surface area contributed by atoms with Gasteiger partial charge in [0.05, 0.1) is 3.57 Å². The molecule has 1 aromatic heterocycles. The molecule has 1 N–H and O–H groups in total. The van der Waals surface area contributed by atoms with Crippen LogP contribution in [0.2, 0.25) is 0 Å². The van der Waals surface area contributed by atoms with E-state index in [2.05, 4.69) is 44.8 Å². The van der Waals surface area contributed by atoms with Crippen LogP contribution >= 0.6 is 22.6 Å². The molecule has 0 saturated carbocycles. The van der Waals surface area contributed by atoms with Crippen molar-refractivity contribution >= 4 is 28.4 Å². The summed E-state index contributed by atoms with van der Waals surface area (Å²) in [6.45, 7) is 4.82. The molecule has 1 unspecified atom stereocenters. The molecule has 0 fully saturated rings. The standard InChI is InChI=1S/C11H18IN3O/c1-4-6-9(16-5-2)11-14-7-8(12)10(13-3)15-11/h7,9H,4-6H2,1-3H3,(H,13,14,15). The van der Waals surface area contributed by atoms with E-state index >= 15 is 0 Å². The molecule has 1 heterocycles. The first-order valence-electron chi connectivity index (χ1n) is 5.54. The maximum absolute atomic E-state index is 5.65. The summed E-state index contributed by atoms with van der Waals surface area (Å²) in [7, 11) is 1.86. The van der Waals surface area contributed by atoms with Crippen LogP contribution in [0.5, 0.6) is 0 Å². The Morgan fingerprint density at radius 2 is 2.25 bits per heavy atom. The van der Waals surface area contributed by atoms with Crippen molar-refractivity contribution in [2.75, 3.05) is 19.0 Å². The van der Waals surface area contributed by atoms with Gasteiger partial charge in [0.15, 0.2) is 5.82 Å². The van der Waals surface area contributed by atoms with E-state index < -0.39 is 0 Å². The topological polar surface area (TPSA) is 47.0 Å². The molecule has 16 heavy (non-hydrogen) atoms. The third-order valence-electron chi connectivity index (χ3n) is 2.21. The Bertz CT molecular complexity index is 327. The Morgan fingerprint density at radius 1 is 1.50 bits per heavy atom. The summed E-state index contributed by atoms with van der Waals surface area (Å²) in [6.07, 6.45) is 3.86. The van der Waals surface area contributed by atoms with E-state index in [1.54, 1.807) is 0 Å². The van der Waals surface area contributed by atoms with Crippen LogP contribution in [-0.4, -0.2) is 23.6 Å². The van der Waals surface area contributed by atoms with Crippen molar-refractivity contribution in [1.82, 2.24) is 9.97 Å². The number of aromatic nitrogens is 2. The SMILES string of the molecule is CCCC(OCC)c1ncc(I)c(NC)n1. The van der Waals surface area contributed by atoms with Crippen LogP contribution < -0.4 is 5.32 Å². The number of nitrogens with one attached hydrogen (secondary N) is 1. The Hall–Kier alpha value is -0.430. The number of hydrogen-bond donors (Lipinski definition) is 1. The summed E-state index contributed by atoms with van der Waals surface area (Å²) < 4.78 is 6.68. The summed E-state index contributed by atoms with van der Waals surface area (Å²) in [6, 6.07) is 0. The first-order chi connectivity index (χ1) is 7.72. The maximum atomic E-state index is 5.65. The Balaban J connectivity index is 2.90. The van der Waals surface area contributed by atoms with Gasteiger partial charge in [0.2, 0.25) is 0 Å². The average Bonchev–Trinajstić information content (AvgIpc) is 2.29. The molecule has 0 radical (unpaired) electrons. The highest BCUT2D eigenvalue weighted by molar-refractivity contribution is 14.1. The van der Waals surface area contributed by atoms with Crippen LogP contribution in [-0.2, 0) is 4.74 Å². The van der Waals surface area contributed by atoms with Crippen molar-refractivity contribution in [1.29, 1.82) is 0 Å². The van der Waals surface area contributed by atoms with E-state index in [1.807, 2.05) is 20.2 Å². The Kier molecular flexibility index (Phi) is 5.97. The fourth-order valence-corrected chi connectivity index (χ4v) is 1.99. The molecule has 1 rings (SSSR count). The molecular formula is C11H18IN3O. The largest absolute Gasteiger partial charge is 0.372 e. The van der Waals surface area contributed by atoms with Crippen LogP contribution in [0.15, 0.2) is 6.20 Å². The van der Waals surface area contributed by atoms with Crippen molar-refractivity contribution < 1.29 is 4.74 Å². The summed E-state index contributed by atoms with van der Waals surface area (Å²) in [5.74, 6) is 1.64. The lowest BCUT2D eigenvalue weighted by Gasteiger charge is -2.15. The van der Waals surface area contributed by atoms with E-state index in [0.29, 0.717) is 6.61 Å². The van der Waals surface area contributed by atoms with Gasteiger partial charge < -0.3 is 10.1 Å². The van der Waals surface area contributed by atoms with Gasteiger partial charge in [-0.25, -0.2) is 9.97 Å². The minimum atomic E-state index is 0.0131. The zero-order valence-electron chi connectivity index (χ0n) is 9.96. The predicted molar refractivity (Wildman–Crippen MR) is 73.6 cm³/mol. The van der Waals surface area contributed by atoms with Gasteiger partial charge in [0.25, 0.3) is 0 Å². The van der Waals surface area contributed by atoms with Gasteiger partial charge in [-0.15, -0.1) is 0 Å². The number of ether oxygens (including phenoxy) is 1. The molecule has 0 aliphatic carbocycles. The van der Waals surface area contributed by atoms with Crippen molar-refractivity contribution in [2.45, 2.75) is 32.8 Å². The Morgan fingerprint density at radius 3 is 2.81 bits per heavy atom. The number of halogens is 1. The van der Waals surface area contributed by atoms with E-state index in [-0.39, 0.29) is 6.10 Å². The lowest BCUT2D eigenvalue weighted by molar-refractivity contribution is 0.0494. The fraction of sp³-hybridized carbons (Fsp3) is 0.636. The molecule has 0 aromatic carbocycles. The number of nitrogens with zero attached hydrogens (tertiary/aromatic N) is 2. The smallest absolute Gasteiger partial charge is 0.159 e. The molecule has 0 bridgehead atoms. The summed E-state index contributed by atoms with van der Waals surface area (Å²) in [4.78, 5) is 8.81. The predicted octanol–water partition coefficient (Wildman–Crippen LogP) is 3.00. The second-order valence-corrected chi connectivity index (χ2v) is 4.57. The zero-order valence-corrected chi connectivity index (χ0v) is 12.1. The highest BCUT2D eigenvalue weighted by Gasteiger charge is 2.15. The van der Waals surface area contributed by atoms with Gasteiger partial charge in [0.1, 0.15) is 11.9 Å². The minimum absolute atomic E-state index is 0.0131. The molecular weight excluding hydrogens is 317 g/mol. The lowest BCUT2D eigenvalue weighted by Crippen LogP contribution is -2.10. The van der Waals surface area contributed by atoms with Crippen LogP contribution in [0.25, 0.3) is 0 Å². The Labute approximate surface area is 110 Å². The number of anilines is 1. The molecule has 1 atom stereocenters. The van der Waals surface area contributed by atoms with Gasteiger partial charge in [0, 0.05) is 19.9 Å². The van der Waals surface area contributed by atoms with Crippen molar-refractivity contribution in [2.24, 2.45) is 0 Å². The molecule has 1 aromatic rings. The quantitative estimate of drug-likeness (QED) is 0.812. The maximum Gasteiger partial charge on any atom is 0.159 e. The monoisotopic (exact) mass is 335 g/mol. The second kappa shape index (κ2) is 7.01. The zero-order chi connectivity index (χ0) is 12.0. The third kappa shape index (κ3) is 3.55. The van der Waals surface area contributed by atoms with E-state index in [1.165, 1.54) is 0 Å². The third-order valence-corrected chi connectivity index (χ3v) is 3.00. The van der Waals surface area contributed by atoms with Crippen LogP contribution in [0, 0.1) is 3.57 Å². The van der Waals surface area contributed by atoms with Crippen LogP contribution in [0.4, 0.5) is 5.82 Å². The minimum Gasteiger partial charge on any atom is -0.372 e. The van der Waals surface area contributed by atoms with Gasteiger partial charge >= 0.3 is 0 Å². The van der Waals surface area contributed by atoms with Crippen LogP contribution in [0.1, 0.15) is 38.6 Å². The molecule has 4 nitrogen and oxygen atoms in total. The first kappa shape index (κ1) is 13.6. The first-order valence-corrected chi connectivity index (χ1v) is 6.62. The molecule has 0 aliphatic rings. The molecule has 0 amide bonds. The highest BCUT2D eigenvalue weighted by atomic mass is 127. The summed E-state index contributed by atoms with van der Waals surface area (Å²) in [5.41, 5.74) is 0. The van der Waals surface area contributed by atoms with E-state index in [4.69, 9.17) is 4.74 Å².